The van der Waals surface area contributed by atoms with Crippen molar-refractivity contribution in [1.29, 1.82) is 0 Å². The number of nitrogens with zero attached hydrogens (tertiary/aromatic N) is 2. The molecule has 0 saturated heterocycles. The van der Waals surface area contributed by atoms with Crippen molar-refractivity contribution in [3.8, 4) is 0 Å². The Labute approximate surface area is 51.0 Å². The summed E-state index contributed by atoms with van der Waals surface area (Å²) in [4.78, 5) is 0. The van der Waals surface area contributed by atoms with Crippen molar-refractivity contribution < 1.29 is 0 Å². The van der Waals surface area contributed by atoms with Crippen molar-refractivity contribution in [2.75, 3.05) is 27.3 Å². The molecule has 0 unspecified atom stereocenters. The number of hydrogen-bond donors (Lipinski definition) is 1. The molecule has 0 rings (SSSR count). The largest absolute Gasteiger partial charge is 0.317 e. The smallest absolute Gasteiger partial charge is 0.0594 e. The monoisotopic (exact) mass is 117 g/mol. The zero-order valence-electron chi connectivity index (χ0n) is 5.89. The van der Waals surface area contributed by atoms with Crippen LogP contribution in [0.25, 0.3) is 0 Å². The fraction of sp³-hybridized carbons (Fsp3) is 1.00. The lowest BCUT2D eigenvalue weighted by Crippen LogP contribution is -2.39. The standard InChI is InChI=1S/C5H15N3/c1-4-7(2)8(3)5-6/h4-6H2,1-3H3. The van der Waals surface area contributed by atoms with Crippen LogP contribution in [0.1, 0.15) is 6.92 Å². The second-order valence-electron chi connectivity index (χ2n) is 1.81. The fourth-order valence-corrected chi connectivity index (χ4v) is 0.381. The van der Waals surface area contributed by atoms with Gasteiger partial charge in [0, 0.05) is 20.6 Å². The van der Waals surface area contributed by atoms with Crippen LogP contribution in [-0.4, -0.2) is 37.3 Å². The minimum absolute atomic E-state index is 0.588. The molecule has 50 valence electrons. The summed E-state index contributed by atoms with van der Waals surface area (Å²) >= 11 is 0. The summed E-state index contributed by atoms with van der Waals surface area (Å²) in [7, 11) is 3.97. The van der Waals surface area contributed by atoms with E-state index in [0.717, 1.165) is 6.54 Å². The summed E-state index contributed by atoms with van der Waals surface area (Å²) in [6, 6.07) is 0. The minimum Gasteiger partial charge on any atom is -0.317 e. The zero-order chi connectivity index (χ0) is 6.57. The Morgan fingerprint density at radius 2 is 1.75 bits per heavy atom. The third-order valence-corrected chi connectivity index (χ3v) is 1.30. The number of nitrogens with two attached hydrogens (primary N) is 1. The van der Waals surface area contributed by atoms with Gasteiger partial charge >= 0.3 is 0 Å². The molecule has 0 spiro atoms. The summed E-state index contributed by atoms with van der Waals surface area (Å²) in [5.74, 6) is 0. The highest BCUT2D eigenvalue weighted by Crippen LogP contribution is 1.83. The predicted octanol–water partition coefficient (Wildman–Crippen LogP) is -0.299. The number of hydrogen-bond acceptors (Lipinski definition) is 3. The molecule has 0 aliphatic heterocycles. The van der Waals surface area contributed by atoms with E-state index < -0.39 is 0 Å². The molecule has 0 aromatic rings. The molecule has 3 heteroatoms. The molecule has 8 heavy (non-hydrogen) atoms. The first-order chi connectivity index (χ1) is 3.72. The SMILES string of the molecule is CCN(C)N(C)CN. The Hall–Kier alpha value is -0.120. The Kier molecular flexibility index (Phi) is 3.77. The fourth-order valence-electron chi connectivity index (χ4n) is 0.381. The van der Waals surface area contributed by atoms with Crippen molar-refractivity contribution in [2.45, 2.75) is 6.92 Å². The van der Waals surface area contributed by atoms with Crippen LogP contribution in [0.15, 0.2) is 0 Å². The summed E-state index contributed by atoms with van der Waals surface area (Å²) in [6.07, 6.45) is 0. The van der Waals surface area contributed by atoms with Crippen LogP contribution in [0, 0.1) is 0 Å². The highest BCUT2D eigenvalue weighted by molar-refractivity contribution is 4.37. The lowest BCUT2D eigenvalue weighted by Gasteiger charge is -2.24. The first-order valence-corrected chi connectivity index (χ1v) is 2.84. The summed E-state index contributed by atoms with van der Waals surface area (Å²) in [5.41, 5.74) is 5.33. The third kappa shape index (κ3) is 2.26. The average molecular weight is 117 g/mol. The molecule has 0 heterocycles. The van der Waals surface area contributed by atoms with Gasteiger partial charge in [0.05, 0.1) is 6.67 Å². The normalized spacial score (nSPS) is 11.2. The Balaban J connectivity index is 3.29. The second kappa shape index (κ2) is 3.83. The van der Waals surface area contributed by atoms with Gasteiger partial charge < -0.3 is 5.73 Å². The molecule has 0 aliphatic rings. The molecule has 0 aromatic heterocycles. The summed E-state index contributed by atoms with van der Waals surface area (Å²) < 4.78 is 0. The Bertz CT molecular complexity index is 47.6. The van der Waals surface area contributed by atoms with E-state index in [1.165, 1.54) is 0 Å². The highest BCUT2D eigenvalue weighted by Gasteiger charge is 1.96. The zero-order valence-corrected chi connectivity index (χ0v) is 5.89. The third-order valence-electron chi connectivity index (χ3n) is 1.30. The van der Waals surface area contributed by atoms with Crippen molar-refractivity contribution in [3.05, 3.63) is 0 Å². The predicted molar refractivity (Wildman–Crippen MR) is 35.1 cm³/mol. The van der Waals surface area contributed by atoms with Gasteiger partial charge in [-0.1, -0.05) is 6.92 Å². The van der Waals surface area contributed by atoms with Crippen LogP contribution in [0.3, 0.4) is 0 Å². The Morgan fingerprint density at radius 3 is 1.88 bits per heavy atom. The van der Waals surface area contributed by atoms with Crippen LogP contribution in [0.4, 0.5) is 0 Å². The average Bonchev–Trinajstić information content (AvgIpc) is 1.84. The van der Waals surface area contributed by atoms with E-state index in [1.807, 2.05) is 19.1 Å². The van der Waals surface area contributed by atoms with Gasteiger partial charge in [-0.15, -0.1) is 0 Å². The van der Waals surface area contributed by atoms with Crippen molar-refractivity contribution >= 4 is 0 Å². The van der Waals surface area contributed by atoms with Crippen LogP contribution in [0.2, 0.25) is 0 Å². The van der Waals surface area contributed by atoms with Gasteiger partial charge in [0.2, 0.25) is 0 Å². The van der Waals surface area contributed by atoms with E-state index >= 15 is 0 Å². The quantitative estimate of drug-likeness (QED) is 0.407. The van der Waals surface area contributed by atoms with Gasteiger partial charge in [0.1, 0.15) is 0 Å². The molecule has 0 saturated carbocycles. The number of hydrazine groups is 1. The van der Waals surface area contributed by atoms with E-state index in [0.29, 0.717) is 6.67 Å². The number of rotatable bonds is 3. The van der Waals surface area contributed by atoms with E-state index in [4.69, 9.17) is 5.73 Å². The first kappa shape index (κ1) is 7.88. The van der Waals surface area contributed by atoms with Crippen LogP contribution < -0.4 is 5.73 Å². The summed E-state index contributed by atoms with van der Waals surface area (Å²) in [6.45, 7) is 3.68. The van der Waals surface area contributed by atoms with Gasteiger partial charge in [-0.25, -0.2) is 10.0 Å². The van der Waals surface area contributed by atoms with Crippen LogP contribution in [-0.2, 0) is 0 Å². The molecule has 0 aromatic carbocycles. The topological polar surface area (TPSA) is 32.5 Å². The molecule has 0 aliphatic carbocycles. The first-order valence-electron chi connectivity index (χ1n) is 2.84. The van der Waals surface area contributed by atoms with Gasteiger partial charge in [-0.05, 0) is 0 Å². The molecule has 0 radical (unpaired) electrons. The van der Waals surface area contributed by atoms with E-state index in [-0.39, 0.29) is 0 Å². The Morgan fingerprint density at radius 1 is 1.25 bits per heavy atom. The van der Waals surface area contributed by atoms with E-state index in [1.54, 1.807) is 0 Å². The maximum Gasteiger partial charge on any atom is 0.0594 e. The van der Waals surface area contributed by atoms with Gasteiger partial charge in [-0.3, -0.25) is 0 Å². The van der Waals surface area contributed by atoms with Gasteiger partial charge in [0.15, 0.2) is 0 Å². The van der Waals surface area contributed by atoms with Crippen molar-refractivity contribution in [3.63, 3.8) is 0 Å². The van der Waals surface area contributed by atoms with Gasteiger partial charge in [-0.2, -0.15) is 0 Å². The van der Waals surface area contributed by atoms with E-state index in [2.05, 4.69) is 11.9 Å². The lowest BCUT2D eigenvalue weighted by atomic mass is 10.7. The highest BCUT2D eigenvalue weighted by atomic mass is 15.6. The molecule has 0 amide bonds. The van der Waals surface area contributed by atoms with Crippen LogP contribution >= 0.6 is 0 Å². The van der Waals surface area contributed by atoms with Crippen LogP contribution in [0.5, 0.6) is 0 Å². The second-order valence-corrected chi connectivity index (χ2v) is 1.81. The van der Waals surface area contributed by atoms with Crippen molar-refractivity contribution in [1.82, 2.24) is 10.0 Å². The maximum atomic E-state index is 5.33. The molecule has 2 N–H and O–H groups in total. The lowest BCUT2D eigenvalue weighted by molar-refractivity contribution is 0.0357. The molecule has 0 fully saturated rings. The minimum atomic E-state index is 0.588. The summed E-state index contributed by atoms with van der Waals surface area (Å²) in [5, 5.41) is 4.01. The molecule has 3 nitrogen and oxygen atoms in total. The molecule has 0 bridgehead atoms. The van der Waals surface area contributed by atoms with Crippen molar-refractivity contribution in [2.24, 2.45) is 5.73 Å². The molecular weight excluding hydrogens is 102 g/mol. The molecular formula is C5H15N3. The maximum absolute atomic E-state index is 5.33. The van der Waals surface area contributed by atoms with E-state index in [9.17, 15) is 0 Å². The van der Waals surface area contributed by atoms with Gasteiger partial charge in [0.25, 0.3) is 0 Å². The molecule has 0 atom stereocenters.